The maximum atomic E-state index is 4.35. The van der Waals surface area contributed by atoms with Gasteiger partial charge in [-0.05, 0) is 29.9 Å². The highest BCUT2D eigenvalue weighted by molar-refractivity contribution is 5.35. The van der Waals surface area contributed by atoms with Crippen molar-refractivity contribution in [2.24, 2.45) is 5.92 Å². The van der Waals surface area contributed by atoms with E-state index in [1.807, 2.05) is 6.33 Å². The minimum absolute atomic E-state index is 0.503. The molecule has 0 radical (unpaired) electrons. The largest absolute Gasteiger partial charge is 0.317 e. The number of rotatable bonds is 3. The standard InChI is InChI=1S/C15H19N3/c1-11(2)9-18-10-16-17-15(18)14-7-12-5-3-4-6-13(12)8-14/h3-6,10-11,14H,7-9H2,1-2H3. The van der Waals surface area contributed by atoms with Gasteiger partial charge in [0.15, 0.2) is 0 Å². The summed E-state index contributed by atoms with van der Waals surface area (Å²) in [6, 6.07) is 8.72. The van der Waals surface area contributed by atoms with Gasteiger partial charge >= 0.3 is 0 Å². The van der Waals surface area contributed by atoms with E-state index in [4.69, 9.17) is 0 Å². The SMILES string of the molecule is CC(C)Cn1cnnc1C1Cc2ccccc2C1. The van der Waals surface area contributed by atoms with Gasteiger partial charge in [0, 0.05) is 12.5 Å². The van der Waals surface area contributed by atoms with Gasteiger partial charge in [0.05, 0.1) is 0 Å². The summed E-state index contributed by atoms with van der Waals surface area (Å²) in [6.07, 6.45) is 4.08. The van der Waals surface area contributed by atoms with Crippen molar-refractivity contribution in [1.29, 1.82) is 0 Å². The van der Waals surface area contributed by atoms with Crippen molar-refractivity contribution in [3.8, 4) is 0 Å². The number of nitrogens with zero attached hydrogens (tertiary/aromatic N) is 3. The minimum atomic E-state index is 0.503. The van der Waals surface area contributed by atoms with Crippen LogP contribution in [0.25, 0.3) is 0 Å². The summed E-state index contributed by atoms with van der Waals surface area (Å²) in [5, 5.41) is 8.44. The van der Waals surface area contributed by atoms with Crippen LogP contribution in [-0.2, 0) is 19.4 Å². The van der Waals surface area contributed by atoms with Crippen LogP contribution in [0.5, 0.6) is 0 Å². The lowest BCUT2D eigenvalue weighted by atomic mass is 10.1. The highest BCUT2D eigenvalue weighted by Crippen LogP contribution is 2.32. The van der Waals surface area contributed by atoms with E-state index < -0.39 is 0 Å². The van der Waals surface area contributed by atoms with Crippen LogP contribution in [-0.4, -0.2) is 14.8 Å². The maximum Gasteiger partial charge on any atom is 0.136 e. The second-order valence-electron chi connectivity index (χ2n) is 5.61. The summed E-state index contributed by atoms with van der Waals surface area (Å²) in [5.74, 6) is 2.28. The van der Waals surface area contributed by atoms with Crippen LogP contribution in [0.15, 0.2) is 30.6 Å². The molecule has 1 aromatic heterocycles. The van der Waals surface area contributed by atoms with Gasteiger partial charge in [-0.2, -0.15) is 0 Å². The Kier molecular flexibility index (Phi) is 2.90. The van der Waals surface area contributed by atoms with Gasteiger partial charge in [-0.15, -0.1) is 10.2 Å². The Labute approximate surface area is 108 Å². The zero-order chi connectivity index (χ0) is 12.5. The molecule has 0 atom stereocenters. The van der Waals surface area contributed by atoms with Crippen LogP contribution in [0.3, 0.4) is 0 Å². The number of fused-ring (bicyclic) bond motifs is 1. The van der Waals surface area contributed by atoms with E-state index in [9.17, 15) is 0 Å². The van der Waals surface area contributed by atoms with E-state index >= 15 is 0 Å². The summed E-state index contributed by atoms with van der Waals surface area (Å²) in [5.41, 5.74) is 2.95. The fraction of sp³-hybridized carbons (Fsp3) is 0.467. The van der Waals surface area contributed by atoms with E-state index in [2.05, 4.69) is 52.9 Å². The van der Waals surface area contributed by atoms with E-state index in [1.165, 1.54) is 11.1 Å². The van der Waals surface area contributed by atoms with Crippen LogP contribution in [0.1, 0.15) is 36.7 Å². The molecule has 2 aromatic rings. The molecule has 1 aliphatic carbocycles. The average molecular weight is 241 g/mol. The summed E-state index contributed by atoms with van der Waals surface area (Å²) < 4.78 is 2.22. The quantitative estimate of drug-likeness (QED) is 0.827. The molecule has 3 nitrogen and oxygen atoms in total. The molecule has 0 amide bonds. The third-order valence-electron chi connectivity index (χ3n) is 3.62. The Morgan fingerprint density at radius 1 is 1.22 bits per heavy atom. The average Bonchev–Trinajstić information content (AvgIpc) is 2.93. The molecule has 0 spiro atoms. The molecule has 0 bridgehead atoms. The number of aromatic nitrogens is 3. The van der Waals surface area contributed by atoms with Gasteiger partial charge in [0.2, 0.25) is 0 Å². The predicted octanol–water partition coefficient (Wildman–Crippen LogP) is 2.82. The van der Waals surface area contributed by atoms with Crippen LogP contribution in [0.2, 0.25) is 0 Å². The van der Waals surface area contributed by atoms with E-state index in [0.717, 1.165) is 25.2 Å². The smallest absolute Gasteiger partial charge is 0.136 e. The zero-order valence-electron chi connectivity index (χ0n) is 11.0. The number of hydrogen-bond acceptors (Lipinski definition) is 2. The number of hydrogen-bond donors (Lipinski definition) is 0. The van der Waals surface area contributed by atoms with Gasteiger partial charge in [-0.3, -0.25) is 0 Å². The van der Waals surface area contributed by atoms with E-state index in [1.54, 1.807) is 0 Å². The second-order valence-corrected chi connectivity index (χ2v) is 5.61. The highest BCUT2D eigenvalue weighted by Gasteiger charge is 2.26. The van der Waals surface area contributed by atoms with Gasteiger partial charge in [0.1, 0.15) is 12.2 Å². The molecule has 0 aliphatic heterocycles. The fourth-order valence-corrected chi connectivity index (χ4v) is 2.86. The van der Waals surface area contributed by atoms with Gasteiger partial charge in [0.25, 0.3) is 0 Å². The molecule has 0 saturated heterocycles. The molecule has 0 unspecified atom stereocenters. The predicted molar refractivity (Wildman–Crippen MR) is 71.5 cm³/mol. The Bertz CT molecular complexity index is 517. The molecular formula is C15H19N3. The first-order valence-electron chi connectivity index (χ1n) is 6.68. The molecule has 94 valence electrons. The molecule has 3 rings (SSSR count). The Balaban J connectivity index is 1.84. The first kappa shape index (κ1) is 11.5. The number of benzene rings is 1. The molecule has 18 heavy (non-hydrogen) atoms. The van der Waals surface area contributed by atoms with Crippen LogP contribution >= 0.6 is 0 Å². The third-order valence-corrected chi connectivity index (χ3v) is 3.62. The van der Waals surface area contributed by atoms with Crippen LogP contribution in [0.4, 0.5) is 0 Å². The lowest BCUT2D eigenvalue weighted by Gasteiger charge is -2.13. The van der Waals surface area contributed by atoms with E-state index in [-0.39, 0.29) is 0 Å². The van der Waals surface area contributed by atoms with Crippen molar-refractivity contribution in [3.05, 3.63) is 47.5 Å². The Hall–Kier alpha value is -1.64. The Morgan fingerprint density at radius 3 is 2.50 bits per heavy atom. The van der Waals surface area contributed by atoms with Gasteiger partial charge < -0.3 is 4.57 Å². The monoisotopic (exact) mass is 241 g/mol. The van der Waals surface area contributed by atoms with E-state index in [0.29, 0.717) is 11.8 Å². The first-order valence-corrected chi connectivity index (χ1v) is 6.68. The minimum Gasteiger partial charge on any atom is -0.317 e. The zero-order valence-corrected chi connectivity index (χ0v) is 11.0. The lowest BCUT2D eigenvalue weighted by Crippen LogP contribution is -2.12. The first-order chi connectivity index (χ1) is 8.74. The molecule has 1 aliphatic rings. The maximum absolute atomic E-state index is 4.35. The topological polar surface area (TPSA) is 30.7 Å². The van der Waals surface area contributed by atoms with Crippen molar-refractivity contribution in [2.75, 3.05) is 0 Å². The van der Waals surface area contributed by atoms with Crippen LogP contribution < -0.4 is 0 Å². The van der Waals surface area contributed by atoms with Crippen LogP contribution in [0, 0.1) is 5.92 Å². The van der Waals surface area contributed by atoms with Gasteiger partial charge in [-0.25, -0.2) is 0 Å². The fourth-order valence-electron chi connectivity index (χ4n) is 2.86. The highest BCUT2D eigenvalue weighted by atomic mass is 15.3. The van der Waals surface area contributed by atoms with Crippen molar-refractivity contribution in [2.45, 2.75) is 39.2 Å². The van der Waals surface area contributed by atoms with Crippen molar-refractivity contribution < 1.29 is 0 Å². The molecule has 1 heterocycles. The summed E-state index contributed by atoms with van der Waals surface area (Å²) in [7, 11) is 0. The Morgan fingerprint density at radius 2 is 1.89 bits per heavy atom. The normalized spacial score (nSPS) is 15.3. The van der Waals surface area contributed by atoms with Crippen molar-refractivity contribution >= 4 is 0 Å². The molecular weight excluding hydrogens is 222 g/mol. The molecule has 0 saturated carbocycles. The third kappa shape index (κ3) is 2.05. The molecule has 0 fully saturated rings. The van der Waals surface area contributed by atoms with Crippen molar-refractivity contribution in [3.63, 3.8) is 0 Å². The molecule has 0 N–H and O–H groups in total. The molecule has 3 heteroatoms. The summed E-state index contributed by atoms with van der Waals surface area (Å²) >= 11 is 0. The molecule has 1 aromatic carbocycles. The van der Waals surface area contributed by atoms with Gasteiger partial charge in [-0.1, -0.05) is 38.1 Å². The summed E-state index contributed by atoms with van der Waals surface area (Å²) in [6.45, 7) is 5.47. The second kappa shape index (κ2) is 4.56. The lowest BCUT2D eigenvalue weighted by molar-refractivity contribution is 0.489. The summed E-state index contributed by atoms with van der Waals surface area (Å²) in [4.78, 5) is 0. The van der Waals surface area contributed by atoms with Crippen molar-refractivity contribution in [1.82, 2.24) is 14.8 Å².